The van der Waals surface area contributed by atoms with Crippen LogP contribution in [0.5, 0.6) is 0 Å². The molecule has 0 aromatic carbocycles. The molecule has 0 saturated carbocycles. The number of nitrogens with zero attached hydrogens (tertiary/aromatic N) is 5. The predicted molar refractivity (Wildman–Crippen MR) is 57.1 cm³/mol. The van der Waals surface area contributed by atoms with Crippen LogP contribution in [0.3, 0.4) is 0 Å². The van der Waals surface area contributed by atoms with Crippen molar-refractivity contribution in [2.45, 2.75) is 19.9 Å². The molecule has 0 spiro atoms. The number of amides is 1. The van der Waals surface area contributed by atoms with Gasteiger partial charge in [0.05, 0.1) is 13.2 Å². The second-order valence-corrected chi connectivity index (χ2v) is 3.48. The number of tetrazole rings is 1. The van der Waals surface area contributed by atoms with Crippen LogP contribution in [0.15, 0.2) is 0 Å². The fraction of sp³-hybridized carbons (Fsp3) is 0.667. The molecule has 0 saturated heterocycles. The molecular formula is C9H15N5O3. The van der Waals surface area contributed by atoms with Crippen molar-refractivity contribution in [1.82, 2.24) is 25.1 Å². The highest BCUT2D eigenvalue weighted by Gasteiger charge is 2.17. The van der Waals surface area contributed by atoms with E-state index in [1.807, 2.05) is 0 Å². The van der Waals surface area contributed by atoms with Crippen molar-refractivity contribution in [2.24, 2.45) is 0 Å². The third-order valence-corrected chi connectivity index (χ3v) is 2.03. The molecule has 8 nitrogen and oxygen atoms in total. The van der Waals surface area contributed by atoms with Gasteiger partial charge in [0.1, 0.15) is 0 Å². The molecule has 0 unspecified atom stereocenters. The van der Waals surface area contributed by atoms with Gasteiger partial charge < -0.3 is 9.64 Å². The first kappa shape index (κ1) is 13.1. The summed E-state index contributed by atoms with van der Waals surface area (Å²) in [6.07, 6.45) is 0.227. The molecule has 94 valence electrons. The Morgan fingerprint density at radius 2 is 2.12 bits per heavy atom. The largest absolute Gasteiger partial charge is 0.460 e. The molecule has 1 amide bonds. The highest BCUT2D eigenvalue weighted by Crippen LogP contribution is 1.99. The van der Waals surface area contributed by atoms with E-state index in [9.17, 15) is 9.59 Å². The molecule has 0 aliphatic carbocycles. The smallest absolute Gasteiger partial charge is 0.378 e. The average molecular weight is 241 g/mol. The third-order valence-electron chi connectivity index (χ3n) is 2.03. The molecule has 1 aromatic rings. The van der Waals surface area contributed by atoms with E-state index in [1.165, 1.54) is 9.58 Å². The quantitative estimate of drug-likeness (QED) is 0.635. The van der Waals surface area contributed by atoms with Crippen molar-refractivity contribution in [3.05, 3.63) is 5.82 Å². The van der Waals surface area contributed by atoms with Gasteiger partial charge in [-0.2, -0.15) is 0 Å². The predicted octanol–water partition coefficient (Wildman–Crippen LogP) is -0.672. The molecule has 1 rings (SSSR count). The van der Waals surface area contributed by atoms with Crippen LogP contribution in [0.25, 0.3) is 0 Å². The number of hydrogen-bond donors (Lipinski definition) is 0. The van der Waals surface area contributed by atoms with E-state index >= 15 is 0 Å². The molecule has 0 aliphatic heterocycles. The number of aromatic nitrogens is 4. The van der Waals surface area contributed by atoms with E-state index in [4.69, 9.17) is 4.74 Å². The zero-order valence-electron chi connectivity index (χ0n) is 10.1. The van der Waals surface area contributed by atoms with E-state index in [0.29, 0.717) is 0 Å². The zero-order chi connectivity index (χ0) is 12.8. The fourth-order valence-electron chi connectivity index (χ4n) is 1.12. The lowest BCUT2D eigenvalue weighted by atomic mass is 10.4. The highest BCUT2D eigenvalue weighted by atomic mass is 16.5. The summed E-state index contributed by atoms with van der Waals surface area (Å²) in [6, 6.07) is 0. The Morgan fingerprint density at radius 1 is 1.41 bits per heavy atom. The number of carbonyl (C=O) groups excluding carboxylic acids is 2. The van der Waals surface area contributed by atoms with Crippen LogP contribution in [0.4, 0.5) is 0 Å². The molecule has 17 heavy (non-hydrogen) atoms. The van der Waals surface area contributed by atoms with Crippen LogP contribution >= 0.6 is 0 Å². The van der Waals surface area contributed by atoms with Gasteiger partial charge in [0.15, 0.2) is 0 Å². The minimum absolute atomic E-state index is 0.0124. The first-order valence-corrected chi connectivity index (χ1v) is 5.19. The van der Waals surface area contributed by atoms with E-state index < -0.39 is 5.97 Å². The number of ether oxygens (including phenoxy) is 1. The average Bonchev–Trinajstić information content (AvgIpc) is 2.74. The molecule has 0 bridgehead atoms. The Kier molecular flexibility index (Phi) is 4.56. The summed E-state index contributed by atoms with van der Waals surface area (Å²) < 4.78 is 6.05. The Morgan fingerprint density at radius 3 is 2.71 bits per heavy atom. The molecule has 1 aromatic heterocycles. The van der Waals surface area contributed by atoms with Gasteiger partial charge in [-0.25, -0.2) is 9.48 Å². The Balaban J connectivity index is 2.63. The van der Waals surface area contributed by atoms with Crippen LogP contribution < -0.4 is 0 Å². The molecule has 0 aliphatic rings. The van der Waals surface area contributed by atoms with Gasteiger partial charge in [0.2, 0.25) is 5.91 Å². The van der Waals surface area contributed by atoms with Gasteiger partial charge in [-0.15, -0.1) is 5.10 Å². The van der Waals surface area contributed by atoms with E-state index in [1.54, 1.807) is 21.0 Å². The molecule has 0 fully saturated rings. The van der Waals surface area contributed by atoms with Gasteiger partial charge in [-0.3, -0.25) is 4.79 Å². The van der Waals surface area contributed by atoms with Gasteiger partial charge in [0.25, 0.3) is 5.82 Å². The molecule has 1 heterocycles. The topological polar surface area (TPSA) is 90.2 Å². The third kappa shape index (κ3) is 3.51. The number of carbonyl (C=O) groups is 2. The minimum atomic E-state index is -0.588. The Labute approximate surface area is 98.5 Å². The SMILES string of the molecule is CCOC(=O)c1nnnn1CCC(=O)N(C)C. The first-order chi connectivity index (χ1) is 8.06. The van der Waals surface area contributed by atoms with Crippen molar-refractivity contribution in [3.8, 4) is 0 Å². The molecule has 0 radical (unpaired) electrons. The van der Waals surface area contributed by atoms with Crippen molar-refractivity contribution in [3.63, 3.8) is 0 Å². The molecule has 0 atom stereocenters. The van der Waals surface area contributed by atoms with Crippen molar-refractivity contribution in [2.75, 3.05) is 20.7 Å². The molecule has 0 N–H and O–H groups in total. The lowest BCUT2D eigenvalue weighted by molar-refractivity contribution is -0.128. The Bertz CT molecular complexity index is 401. The number of aryl methyl sites for hydroxylation is 1. The summed E-state index contributed by atoms with van der Waals surface area (Å²) >= 11 is 0. The highest BCUT2D eigenvalue weighted by molar-refractivity contribution is 5.85. The summed E-state index contributed by atoms with van der Waals surface area (Å²) in [6.45, 7) is 2.20. The normalized spacial score (nSPS) is 10.1. The zero-order valence-corrected chi connectivity index (χ0v) is 10.1. The Hall–Kier alpha value is -1.99. The van der Waals surface area contributed by atoms with Crippen LogP contribution in [-0.2, 0) is 16.1 Å². The van der Waals surface area contributed by atoms with Gasteiger partial charge in [0, 0.05) is 20.5 Å². The minimum Gasteiger partial charge on any atom is -0.460 e. The van der Waals surface area contributed by atoms with Crippen molar-refractivity contribution >= 4 is 11.9 Å². The summed E-state index contributed by atoms with van der Waals surface area (Å²) in [7, 11) is 3.32. The maximum atomic E-state index is 11.4. The summed E-state index contributed by atoms with van der Waals surface area (Å²) in [5.74, 6) is -0.636. The number of rotatable bonds is 5. The lowest BCUT2D eigenvalue weighted by Gasteiger charge is -2.09. The standard InChI is InChI=1S/C9H15N5O3/c1-4-17-9(16)8-10-11-12-14(8)6-5-7(15)13(2)3/h4-6H2,1-3H3. The summed E-state index contributed by atoms with van der Waals surface area (Å²) in [5, 5.41) is 10.6. The van der Waals surface area contributed by atoms with Crippen molar-refractivity contribution in [1.29, 1.82) is 0 Å². The molecular weight excluding hydrogens is 226 g/mol. The van der Waals surface area contributed by atoms with Gasteiger partial charge in [-0.1, -0.05) is 0 Å². The van der Waals surface area contributed by atoms with Crippen molar-refractivity contribution < 1.29 is 14.3 Å². The maximum Gasteiger partial charge on any atom is 0.378 e. The van der Waals surface area contributed by atoms with E-state index in [0.717, 1.165) is 0 Å². The summed E-state index contributed by atoms with van der Waals surface area (Å²) in [4.78, 5) is 24.3. The molecule has 8 heteroatoms. The van der Waals surface area contributed by atoms with Crippen LogP contribution in [0, 0.1) is 0 Å². The van der Waals surface area contributed by atoms with E-state index in [2.05, 4.69) is 15.5 Å². The fourth-order valence-corrected chi connectivity index (χ4v) is 1.12. The van der Waals surface area contributed by atoms with Crippen LogP contribution in [-0.4, -0.2) is 57.7 Å². The van der Waals surface area contributed by atoms with Gasteiger partial charge in [-0.05, 0) is 17.4 Å². The van der Waals surface area contributed by atoms with E-state index in [-0.39, 0.29) is 31.3 Å². The van der Waals surface area contributed by atoms with Crippen LogP contribution in [0.1, 0.15) is 24.0 Å². The summed E-state index contributed by atoms with van der Waals surface area (Å²) in [5.41, 5.74) is 0. The van der Waals surface area contributed by atoms with Gasteiger partial charge >= 0.3 is 5.97 Å². The second kappa shape index (κ2) is 5.92. The number of hydrogen-bond acceptors (Lipinski definition) is 6. The maximum absolute atomic E-state index is 11.4. The van der Waals surface area contributed by atoms with Crippen LogP contribution in [0.2, 0.25) is 0 Å². The second-order valence-electron chi connectivity index (χ2n) is 3.48. The lowest BCUT2D eigenvalue weighted by Crippen LogP contribution is -2.24. The monoisotopic (exact) mass is 241 g/mol. The first-order valence-electron chi connectivity index (χ1n) is 5.19. The number of esters is 1.